The molecular weight excluding hydrogens is 876 g/mol. The van der Waals surface area contributed by atoms with Gasteiger partial charge in [0.2, 0.25) is 0 Å². The van der Waals surface area contributed by atoms with Crippen LogP contribution in [0, 0.1) is 6.92 Å². The summed E-state index contributed by atoms with van der Waals surface area (Å²) in [5.74, 6) is 0. The lowest BCUT2D eigenvalue weighted by atomic mass is 9.36. The third-order valence-electron chi connectivity index (χ3n) is 17.9. The zero-order valence-corrected chi connectivity index (χ0v) is 47.3. The summed E-state index contributed by atoms with van der Waals surface area (Å²) in [5, 5.41) is 1.39. The number of hydrogen-bond donors (Lipinski definition) is 0. The molecule has 11 rings (SSSR count). The fourth-order valence-electron chi connectivity index (χ4n) is 13.0. The molecule has 2 aliphatic heterocycles. The van der Waals surface area contributed by atoms with Crippen molar-refractivity contribution in [1.82, 2.24) is 0 Å². The van der Waals surface area contributed by atoms with Gasteiger partial charge in [0.1, 0.15) is 0 Å². The van der Waals surface area contributed by atoms with Crippen LogP contribution < -0.4 is 25.5 Å². The largest absolute Gasteiger partial charge is 0.311 e. The molecule has 0 saturated carbocycles. The van der Waals surface area contributed by atoms with Crippen molar-refractivity contribution in [3.05, 3.63) is 148 Å². The molecule has 6 aromatic carbocycles. The SMILES string of the molecule is Cc1cc2c3c(c1)N(c1ccc(C(C)(C)C)cc1-c1ccc4c(c1)C(C)(C)CCC4(C)C)c1c(sc4cc5c(cc14)C(C)(C)CCC5(C)C)B3c1cc(C(C)(C)C)ccc1N2c1ccc(C(C)(C)C)cc1. The molecule has 0 radical (unpaired) electrons. The van der Waals surface area contributed by atoms with E-state index in [9.17, 15) is 0 Å². The van der Waals surface area contributed by atoms with Crippen molar-refractivity contribution in [3.8, 4) is 11.1 Å². The van der Waals surface area contributed by atoms with Crippen molar-refractivity contribution in [3.63, 3.8) is 0 Å². The number of nitrogens with zero attached hydrogens (tertiary/aromatic N) is 2. The number of fused-ring (bicyclic) bond motifs is 8. The van der Waals surface area contributed by atoms with Crippen molar-refractivity contribution in [2.45, 2.75) is 188 Å². The topological polar surface area (TPSA) is 6.48 Å². The lowest BCUT2D eigenvalue weighted by Gasteiger charge is -2.44. The molecule has 0 spiro atoms. The smallest absolute Gasteiger partial charge is 0.264 e. The van der Waals surface area contributed by atoms with Gasteiger partial charge in [0, 0.05) is 43.2 Å². The van der Waals surface area contributed by atoms with Gasteiger partial charge in [-0.25, -0.2) is 0 Å². The summed E-state index contributed by atoms with van der Waals surface area (Å²) in [6.07, 6.45) is 4.76. The van der Waals surface area contributed by atoms with Crippen LogP contribution in [0.4, 0.5) is 34.1 Å². The Morgan fingerprint density at radius 2 is 0.958 bits per heavy atom. The molecule has 71 heavy (non-hydrogen) atoms. The highest BCUT2D eigenvalue weighted by Gasteiger charge is 2.48. The Hall–Kier alpha value is -5.06. The lowest BCUT2D eigenvalue weighted by molar-refractivity contribution is 0.332. The standard InChI is InChI=1S/C67H79BN2S/c1-40-33-55-58-56(34-40)70(53-27-22-43(62(5,6)7)36-46(53)41-19-26-48-49(35-41)65(13,14)30-29-64(48,11)12)59-47-38-50-51(67(17,18)32-31-66(50,15)16)39-57(47)71-60(59)68(58)52-37-44(63(8,9)10)23-28-54(52)69(55)45-24-20-42(21-25-45)61(2,3)4/h19-28,33-39H,29-32H2,1-18H3. The summed E-state index contributed by atoms with van der Waals surface area (Å²) < 4.78 is 2.85. The first-order valence-corrected chi connectivity index (χ1v) is 27.7. The number of hydrogen-bond acceptors (Lipinski definition) is 3. The Labute approximate surface area is 432 Å². The molecule has 7 aromatic rings. The Kier molecular flexibility index (Phi) is 10.5. The maximum Gasteiger partial charge on any atom is 0.264 e. The second-order valence-corrected chi connectivity index (χ2v) is 29.2. The fraction of sp³-hybridized carbons (Fsp3) is 0.433. The van der Waals surface area contributed by atoms with Crippen molar-refractivity contribution in [1.29, 1.82) is 0 Å². The minimum absolute atomic E-state index is 0.0210. The quantitative estimate of drug-likeness (QED) is 0.163. The van der Waals surface area contributed by atoms with E-state index in [0.29, 0.717) is 0 Å². The summed E-state index contributed by atoms with van der Waals surface area (Å²) in [4.78, 5) is 5.37. The summed E-state index contributed by atoms with van der Waals surface area (Å²) in [6, 6.07) is 42.3. The molecule has 0 fully saturated rings. The highest BCUT2D eigenvalue weighted by atomic mass is 32.1. The molecule has 4 aliphatic rings. The van der Waals surface area contributed by atoms with E-state index in [2.05, 4.69) is 249 Å². The third kappa shape index (κ3) is 7.60. The number of benzene rings is 6. The van der Waals surface area contributed by atoms with Gasteiger partial charge in [0.05, 0.1) is 11.4 Å². The summed E-state index contributed by atoms with van der Waals surface area (Å²) in [5.41, 5.74) is 24.9. The van der Waals surface area contributed by atoms with Gasteiger partial charge in [0.15, 0.2) is 0 Å². The van der Waals surface area contributed by atoms with E-state index >= 15 is 0 Å². The zero-order valence-electron chi connectivity index (χ0n) is 46.5. The first-order chi connectivity index (χ1) is 33.0. The zero-order chi connectivity index (χ0) is 50.9. The van der Waals surface area contributed by atoms with Crippen molar-refractivity contribution in [2.24, 2.45) is 0 Å². The molecule has 0 atom stereocenters. The minimum atomic E-state index is -0.0343. The van der Waals surface area contributed by atoms with Gasteiger partial charge in [-0.1, -0.05) is 166 Å². The Bertz CT molecular complexity index is 3330. The van der Waals surface area contributed by atoms with Gasteiger partial charge >= 0.3 is 0 Å². The number of thiophene rings is 1. The number of aryl methyl sites for hydroxylation is 1. The van der Waals surface area contributed by atoms with E-state index in [1.165, 1.54) is 141 Å². The fourth-order valence-corrected chi connectivity index (χ4v) is 14.3. The van der Waals surface area contributed by atoms with Crippen molar-refractivity contribution in [2.75, 3.05) is 9.80 Å². The monoisotopic (exact) mass is 955 g/mol. The molecule has 366 valence electrons. The number of anilines is 6. The maximum atomic E-state index is 2.76. The van der Waals surface area contributed by atoms with Crippen LogP contribution >= 0.6 is 11.3 Å². The molecule has 2 nitrogen and oxygen atoms in total. The highest BCUT2D eigenvalue weighted by Crippen LogP contribution is 2.55. The average molecular weight is 955 g/mol. The van der Waals surface area contributed by atoms with Crippen LogP contribution in [-0.2, 0) is 37.9 Å². The minimum Gasteiger partial charge on any atom is -0.311 e. The van der Waals surface area contributed by atoms with Gasteiger partial charge in [-0.05, 0) is 186 Å². The van der Waals surface area contributed by atoms with Crippen LogP contribution in [0.5, 0.6) is 0 Å². The van der Waals surface area contributed by atoms with Crippen LogP contribution in [0.3, 0.4) is 0 Å². The predicted molar refractivity (Wildman–Crippen MR) is 313 cm³/mol. The molecular formula is C67H79BN2S. The van der Waals surface area contributed by atoms with E-state index in [-0.39, 0.29) is 44.6 Å². The molecule has 3 heterocycles. The van der Waals surface area contributed by atoms with E-state index in [4.69, 9.17) is 0 Å². The second kappa shape index (κ2) is 15.5. The Balaban J connectivity index is 1.27. The molecule has 2 aliphatic carbocycles. The maximum absolute atomic E-state index is 2.76. The summed E-state index contributed by atoms with van der Waals surface area (Å²) in [6.45, 7) is 43.3. The van der Waals surface area contributed by atoms with E-state index < -0.39 is 0 Å². The van der Waals surface area contributed by atoms with Crippen molar-refractivity contribution >= 4 is 78.0 Å². The molecule has 1 aromatic heterocycles. The van der Waals surface area contributed by atoms with Crippen LogP contribution in [-0.4, -0.2) is 6.71 Å². The summed E-state index contributed by atoms with van der Waals surface area (Å²) in [7, 11) is 0. The van der Waals surface area contributed by atoms with Gasteiger partial charge in [-0.15, -0.1) is 11.3 Å². The normalized spacial score (nSPS) is 18.4. The Morgan fingerprint density at radius 3 is 1.54 bits per heavy atom. The molecule has 0 saturated heterocycles. The average Bonchev–Trinajstić information content (AvgIpc) is 3.66. The third-order valence-corrected chi connectivity index (χ3v) is 19.1. The molecule has 0 bridgehead atoms. The molecule has 0 amide bonds. The summed E-state index contributed by atoms with van der Waals surface area (Å²) >= 11 is 2.06. The molecule has 4 heteroatoms. The van der Waals surface area contributed by atoms with Gasteiger partial charge in [-0.3, -0.25) is 0 Å². The van der Waals surface area contributed by atoms with Gasteiger partial charge < -0.3 is 9.80 Å². The van der Waals surface area contributed by atoms with E-state index in [0.717, 1.165) is 0 Å². The van der Waals surface area contributed by atoms with Crippen molar-refractivity contribution < 1.29 is 0 Å². The first-order valence-electron chi connectivity index (χ1n) is 26.9. The van der Waals surface area contributed by atoms with Crippen LogP contribution in [0.2, 0.25) is 0 Å². The molecule has 0 N–H and O–H groups in total. The van der Waals surface area contributed by atoms with Gasteiger partial charge in [-0.2, -0.15) is 0 Å². The second-order valence-electron chi connectivity index (χ2n) is 28.1. The predicted octanol–water partition coefficient (Wildman–Crippen LogP) is 17.5. The van der Waals surface area contributed by atoms with Crippen LogP contribution in [0.15, 0.2) is 103 Å². The van der Waals surface area contributed by atoms with E-state index in [1.54, 1.807) is 0 Å². The molecule has 0 unspecified atom stereocenters. The number of rotatable bonds is 3. The Morgan fingerprint density at radius 1 is 0.465 bits per heavy atom. The van der Waals surface area contributed by atoms with E-state index in [1.807, 2.05) is 0 Å². The lowest BCUT2D eigenvalue weighted by Crippen LogP contribution is -2.60. The first kappa shape index (κ1) is 48.2. The van der Waals surface area contributed by atoms with Crippen LogP contribution in [0.1, 0.15) is 188 Å². The van der Waals surface area contributed by atoms with Gasteiger partial charge in [0.25, 0.3) is 6.71 Å². The highest BCUT2D eigenvalue weighted by molar-refractivity contribution is 7.33. The van der Waals surface area contributed by atoms with Crippen LogP contribution in [0.25, 0.3) is 21.2 Å².